The van der Waals surface area contributed by atoms with Gasteiger partial charge >= 0.3 is 0 Å². The van der Waals surface area contributed by atoms with E-state index in [0.717, 1.165) is 21.0 Å². The molecule has 3 aromatic rings. The van der Waals surface area contributed by atoms with Crippen molar-refractivity contribution in [2.75, 3.05) is 24.4 Å². The zero-order valence-electron chi connectivity index (χ0n) is 21.1. The largest absolute Gasteiger partial charge is 0.357 e. The standard InChI is InChI=1S/C28H33N3O4S/c1-21-13-15-26(16-14-21)36(34,35)31(25-12-8-9-22(2)19-25)20-27(32)30(23(3)28(33)29-4)18-17-24-10-6-5-7-11-24/h5-16,19,23H,17-18,20H2,1-4H3,(H,29,33). The molecule has 1 unspecified atom stereocenters. The van der Waals surface area contributed by atoms with Crippen LogP contribution in [0.1, 0.15) is 23.6 Å². The van der Waals surface area contributed by atoms with E-state index in [1.54, 1.807) is 37.3 Å². The summed E-state index contributed by atoms with van der Waals surface area (Å²) in [4.78, 5) is 27.7. The van der Waals surface area contributed by atoms with Crippen molar-refractivity contribution in [1.82, 2.24) is 10.2 Å². The number of anilines is 1. The molecule has 2 amide bonds. The predicted molar refractivity (Wildman–Crippen MR) is 142 cm³/mol. The molecular formula is C28H33N3O4S. The summed E-state index contributed by atoms with van der Waals surface area (Å²) in [6, 6.07) is 22.4. The van der Waals surface area contributed by atoms with Crippen LogP contribution >= 0.6 is 0 Å². The Morgan fingerprint density at radius 2 is 1.56 bits per heavy atom. The molecule has 0 heterocycles. The molecule has 3 aromatic carbocycles. The molecule has 36 heavy (non-hydrogen) atoms. The van der Waals surface area contributed by atoms with E-state index in [2.05, 4.69) is 5.32 Å². The second kappa shape index (κ2) is 11.9. The molecule has 0 spiro atoms. The van der Waals surface area contributed by atoms with Crippen LogP contribution in [0.25, 0.3) is 0 Å². The normalized spacial score (nSPS) is 12.0. The average molecular weight is 508 g/mol. The Balaban J connectivity index is 1.97. The van der Waals surface area contributed by atoms with Crippen LogP contribution in [0.5, 0.6) is 0 Å². The van der Waals surface area contributed by atoms with Crippen molar-refractivity contribution < 1.29 is 18.0 Å². The molecule has 0 saturated carbocycles. The van der Waals surface area contributed by atoms with Crippen molar-refractivity contribution >= 4 is 27.5 Å². The molecule has 7 nitrogen and oxygen atoms in total. The summed E-state index contributed by atoms with van der Waals surface area (Å²) < 4.78 is 28.6. The van der Waals surface area contributed by atoms with Crippen LogP contribution in [0.15, 0.2) is 83.8 Å². The Bertz CT molecular complexity index is 1290. The quantitative estimate of drug-likeness (QED) is 0.453. The van der Waals surface area contributed by atoms with Crippen molar-refractivity contribution in [1.29, 1.82) is 0 Å². The summed E-state index contributed by atoms with van der Waals surface area (Å²) in [5, 5.41) is 2.59. The molecule has 0 aliphatic heterocycles. The number of rotatable bonds is 10. The highest BCUT2D eigenvalue weighted by Gasteiger charge is 2.32. The number of hydrogen-bond acceptors (Lipinski definition) is 4. The van der Waals surface area contributed by atoms with E-state index in [1.165, 1.54) is 24.1 Å². The molecule has 8 heteroatoms. The van der Waals surface area contributed by atoms with E-state index >= 15 is 0 Å². The number of carbonyl (C=O) groups excluding carboxylic acids is 2. The van der Waals surface area contributed by atoms with E-state index in [0.29, 0.717) is 12.1 Å². The molecule has 0 saturated heterocycles. The van der Waals surface area contributed by atoms with Crippen LogP contribution in [0, 0.1) is 13.8 Å². The lowest BCUT2D eigenvalue weighted by Crippen LogP contribution is -2.51. The van der Waals surface area contributed by atoms with E-state index in [-0.39, 0.29) is 17.3 Å². The van der Waals surface area contributed by atoms with Gasteiger partial charge in [-0.05, 0) is 62.6 Å². The fourth-order valence-electron chi connectivity index (χ4n) is 3.93. The molecule has 0 aromatic heterocycles. The van der Waals surface area contributed by atoms with Gasteiger partial charge in [-0.25, -0.2) is 8.42 Å². The Labute approximate surface area is 213 Å². The van der Waals surface area contributed by atoms with Gasteiger partial charge in [0.05, 0.1) is 10.6 Å². The monoisotopic (exact) mass is 507 g/mol. The molecule has 0 radical (unpaired) electrons. The molecule has 0 aliphatic rings. The third kappa shape index (κ3) is 6.51. The van der Waals surface area contributed by atoms with Crippen molar-refractivity contribution in [3.63, 3.8) is 0 Å². The highest BCUT2D eigenvalue weighted by atomic mass is 32.2. The van der Waals surface area contributed by atoms with Gasteiger partial charge in [0.15, 0.2) is 0 Å². The van der Waals surface area contributed by atoms with Gasteiger partial charge in [-0.3, -0.25) is 13.9 Å². The summed E-state index contributed by atoms with van der Waals surface area (Å²) in [7, 11) is -2.54. The molecule has 0 fully saturated rings. The van der Waals surface area contributed by atoms with Crippen molar-refractivity contribution in [3.8, 4) is 0 Å². The van der Waals surface area contributed by atoms with Crippen LogP contribution in [0.2, 0.25) is 0 Å². The number of aryl methyl sites for hydroxylation is 2. The van der Waals surface area contributed by atoms with Gasteiger partial charge in [-0.2, -0.15) is 0 Å². The average Bonchev–Trinajstić information content (AvgIpc) is 2.87. The first-order valence-corrected chi connectivity index (χ1v) is 13.3. The molecule has 0 aliphatic carbocycles. The highest BCUT2D eigenvalue weighted by Crippen LogP contribution is 2.25. The smallest absolute Gasteiger partial charge is 0.264 e. The topological polar surface area (TPSA) is 86.8 Å². The second-order valence-corrected chi connectivity index (χ2v) is 10.6. The maximum atomic E-state index is 13.7. The number of benzene rings is 3. The number of carbonyl (C=O) groups is 2. The molecule has 190 valence electrons. The summed E-state index contributed by atoms with van der Waals surface area (Å²) in [5.41, 5.74) is 3.20. The van der Waals surface area contributed by atoms with Crippen LogP contribution in [-0.2, 0) is 26.0 Å². The molecule has 1 atom stereocenters. The molecule has 0 bridgehead atoms. The second-order valence-electron chi connectivity index (χ2n) is 8.78. The van der Waals surface area contributed by atoms with Gasteiger partial charge in [0.1, 0.15) is 12.6 Å². The Morgan fingerprint density at radius 1 is 0.889 bits per heavy atom. The van der Waals surface area contributed by atoms with Gasteiger partial charge in [0.25, 0.3) is 10.0 Å². The van der Waals surface area contributed by atoms with Gasteiger partial charge < -0.3 is 10.2 Å². The first kappa shape index (κ1) is 26.9. The van der Waals surface area contributed by atoms with Gasteiger partial charge in [0.2, 0.25) is 11.8 Å². The van der Waals surface area contributed by atoms with Crippen LogP contribution < -0.4 is 9.62 Å². The fourth-order valence-corrected chi connectivity index (χ4v) is 5.33. The molecular weight excluding hydrogens is 474 g/mol. The number of sulfonamides is 1. The molecule has 1 N–H and O–H groups in total. The zero-order valence-corrected chi connectivity index (χ0v) is 22.0. The number of nitrogens with zero attached hydrogens (tertiary/aromatic N) is 2. The first-order chi connectivity index (χ1) is 17.1. The minimum absolute atomic E-state index is 0.0950. The van der Waals surface area contributed by atoms with Gasteiger partial charge in [-0.1, -0.05) is 60.2 Å². The third-order valence-corrected chi connectivity index (χ3v) is 7.86. The summed E-state index contributed by atoms with van der Waals surface area (Å²) in [6.07, 6.45) is 0.531. The van der Waals surface area contributed by atoms with Gasteiger partial charge in [-0.15, -0.1) is 0 Å². The lowest BCUT2D eigenvalue weighted by Gasteiger charge is -2.31. The number of likely N-dealkylation sites (N-methyl/N-ethyl adjacent to an activating group) is 1. The SMILES string of the molecule is CNC(=O)C(C)N(CCc1ccccc1)C(=O)CN(c1cccc(C)c1)S(=O)(=O)c1ccc(C)cc1. The molecule has 3 rings (SSSR count). The lowest BCUT2D eigenvalue weighted by molar-refractivity contribution is -0.138. The first-order valence-electron chi connectivity index (χ1n) is 11.8. The Morgan fingerprint density at radius 3 is 2.17 bits per heavy atom. The third-order valence-electron chi connectivity index (χ3n) is 6.08. The predicted octanol–water partition coefficient (Wildman–Crippen LogP) is 3.70. The minimum atomic E-state index is -4.05. The lowest BCUT2D eigenvalue weighted by atomic mass is 10.1. The van der Waals surface area contributed by atoms with E-state index < -0.39 is 28.5 Å². The Hall–Kier alpha value is -3.65. The van der Waals surface area contributed by atoms with E-state index in [4.69, 9.17) is 0 Å². The summed E-state index contributed by atoms with van der Waals surface area (Å²) in [5.74, 6) is -0.779. The van der Waals surface area contributed by atoms with Crippen LogP contribution in [0.4, 0.5) is 5.69 Å². The minimum Gasteiger partial charge on any atom is -0.357 e. The number of nitrogens with one attached hydrogen (secondary N) is 1. The maximum Gasteiger partial charge on any atom is 0.264 e. The van der Waals surface area contributed by atoms with Crippen molar-refractivity contribution in [3.05, 3.63) is 95.6 Å². The Kier molecular flexibility index (Phi) is 8.88. The summed E-state index contributed by atoms with van der Waals surface area (Å²) in [6.45, 7) is 5.22. The van der Waals surface area contributed by atoms with Gasteiger partial charge in [0, 0.05) is 13.6 Å². The van der Waals surface area contributed by atoms with E-state index in [9.17, 15) is 18.0 Å². The maximum absolute atomic E-state index is 13.7. The van der Waals surface area contributed by atoms with Crippen molar-refractivity contribution in [2.24, 2.45) is 0 Å². The van der Waals surface area contributed by atoms with Crippen molar-refractivity contribution in [2.45, 2.75) is 38.1 Å². The zero-order chi connectivity index (χ0) is 26.3. The summed E-state index contributed by atoms with van der Waals surface area (Å²) >= 11 is 0. The van der Waals surface area contributed by atoms with E-state index in [1.807, 2.05) is 50.2 Å². The number of amides is 2. The fraction of sp³-hybridized carbons (Fsp3) is 0.286. The number of hydrogen-bond donors (Lipinski definition) is 1. The van der Waals surface area contributed by atoms with Crippen LogP contribution in [-0.4, -0.2) is 51.3 Å². The highest BCUT2D eigenvalue weighted by molar-refractivity contribution is 7.92. The van der Waals surface area contributed by atoms with Crippen LogP contribution in [0.3, 0.4) is 0 Å².